The van der Waals surface area contributed by atoms with Gasteiger partial charge < -0.3 is 4.57 Å². The summed E-state index contributed by atoms with van der Waals surface area (Å²) in [4.78, 5) is 0. The maximum Gasteiger partial charge on any atom is 0.215 e. The lowest BCUT2D eigenvalue weighted by molar-refractivity contribution is -0.633. The van der Waals surface area contributed by atoms with E-state index in [1.807, 2.05) is 12.1 Å². The summed E-state index contributed by atoms with van der Waals surface area (Å²) < 4.78 is 13.0. The Balaban J connectivity index is 1.81. The highest BCUT2D eigenvalue weighted by Crippen LogP contribution is 2.36. The second kappa shape index (κ2) is 7.31. The molecular formula is C31H27N2+. The van der Waals surface area contributed by atoms with Crippen LogP contribution in [0.1, 0.15) is 18.1 Å². The first-order chi connectivity index (χ1) is 16.4. The second-order valence-electron chi connectivity index (χ2n) is 9.04. The van der Waals surface area contributed by atoms with Gasteiger partial charge in [-0.2, -0.15) is 4.57 Å². The van der Waals surface area contributed by atoms with Crippen molar-refractivity contribution in [2.24, 2.45) is 7.05 Å². The van der Waals surface area contributed by atoms with Gasteiger partial charge in [-0.3, -0.25) is 0 Å². The van der Waals surface area contributed by atoms with Gasteiger partial charge in [0.25, 0.3) is 0 Å². The molecule has 0 aliphatic heterocycles. The number of aromatic nitrogens is 2. The molecule has 0 radical (unpaired) electrons. The monoisotopic (exact) mass is 428 g/mol. The van der Waals surface area contributed by atoms with Crippen LogP contribution in [0.3, 0.4) is 0 Å². The van der Waals surface area contributed by atoms with Gasteiger partial charge in [0.05, 0.1) is 23.5 Å². The van der Waals surface area contributed by atoms with Gasteiger partial charge in [0.15, 0.2) is 0 Å². The molecular weight excluding hydrogens is 400 g/mol. The number of para-hydroxylation sites is 3. The SMILES string of the molecule is [2H]c1ccc2c3ccccc3n(-c3cc(-c4cc(C)cc(C)c4C)[n+](C)c4ccccc34)c2c1. The van der Waals surface area contributed by atoms with Gasteiger partial charge in [-0.15, -0.1) is 0 Å². The molecule has 0 fully saturated rings. The second-order valence-corrected chi connectivity index (χ2v) is 9.04. The van der Waals surface area contributed by atoms with Crippen molar-refractivity contribution in [2.45, 2.75) is 20.8 Å². The minimum Gasteiger partial charge on any atom is -0.308 e. The molecule has 2 nitrogen and oxygen atoms in total. The number of hydrogen-bond donors (Lipinski definition) is 0. The molecule has 6 aromatic rings. The molecule has 0 bridgehead atoms. The van der Waals surface area contributed by atoms with E-state index in [-0.39, 0.29) is 0 Å². The number of aryl methyl sites for hydroxylation is 3. The van der Waals surface area contributed by atoms with Crippen LogP contribution < -0.4 is 4.57 Å². The van der Waals surface area contributed by atoms with E-state index in [0.29, 0.717) is 6.04 Å². The Morgan fingerprint density at radius 1 is 0.727 bits per heavy atom. The molecule has 0 spiro atoms. The molecule has 2 aromatic heterocycles. The highest BCUT2D eigenvalue weighted by molar-refractivity contribution is 6.10. The van der Waals surface area contributed by atoms with Crippen LogP contribution in [0.2, 0.25) is 0 Å². The van der Waals surface area contributed by atoms with E-state index in [1.165, 1.54) is 49.6 Å². The van der Waals surface area contributed by atoms with Crippen molar-refractivity contribution in [3.63, 3.8) is 0 Å². The third kappa shape index (κ3) is 2.91. The first kappa shape index (κ1) is 18.6. The van der Waals surface area contributed by atoms with Crippen LogP contribution >= 0.6 is 0 Å². The zero-order valence-corrected chi connectivity index (χ0v) is 19.5. The van der Waals surface area contributed by atoms with E-state index in [4.69, 9.17) is 1.37 Å². The predicted octanol–water partition coefficient (Wildman–Crippen LogP) is 7.35. The van der Waals surface area contributed by atoms with Crippen LogP contribution in [0, 0.1) is 20.8 Å². The molecule has 0 saturated carbocycles. The largest absolute Gasteiger partial charge is 0.308 e. The third-order valence-electron chi connectivity index (χ3n) is 7.02. The summed E-state index contributed by atoms with van der Waals surface area (Å²) in [6, 6.07) is 30.5. The van der Waals surface area contributed by atoms with E-state index in [0.717, 1.165) is 16.7 Å². The summed E-state index contributed by atoms with van der Waals surface area (Å²) in [5, 5.41) is 3.57. The lowest BCUT2D eigenvalue weighted by Crippen LogP contribution is -2.33. The van der Waals surface area contributed by atoms with Crippen molar-refractivity contribution in [1.82, 2.24) is 4.57 Å². The van der Waals surface area contributed by atoms with Crippen molar-refractivity contribution in [2.75, 3.05) is 0 Å². The quantitative estimate of drug-likeness (QED) is 0.255. The molecule has 4 aromatic carbocycles. The van der Waals surface area contributed by atoms with Gasteiger partial charge in [-0.1, -0.05) is 60.1 Å². The van der Waals surface area contributed by atoms with E-state index < -0.39 is 0 Å². The summed E-state index contributed by atoms with van der Waals surface area (Å²) in [7, 11) is 2.16. The number of hydrogen-bond acceptors (Lipinski definition) is 0. The number of nitrogens with zero attached hydrogens (tertiary/aromatic N) is 2. The molecule has 6 rings (SSSR count). The summed E-state index contributed by atoms with van der Waals surface area (Å²) in [6.45, 7) is 6.57. The Bertz CT molecular complexity index is 1760. The Morgan fingerprint density at radius 3 is 2.21 bits per heavy atom. The molecule has 33 heavy (non-hydrogen) atoms. The normalized spacial score (nSPS) is 12.1. The maximum atomic E-state index is 8.34. The zero-order chi connectivity index (χ0) is 23.6. The van der Waals surface area contributed by atoms with Gasteiger partial charge >= 0.3 is 0 Å². The van der Waals surface area contributed by atoms with E-state index >= 15 is 0 Å². The van der Waals surface area contributed by atoms with Crippen LogP contribution in [-0.2, 0) is 7.05 Å². The number of rotatable bonds is 2. The van der Waals surface area contributed by atoms with Gasteiger partial charge in [0.1, 0.15) is 7.05 Å². The van der Waals surface area contributed by atoms with Gasteiger partial charge in [0, 0.05) is 28.5 Å². The Labute approximate surface area is 195 Å². The van der Waals surface area contributed by atoms with Crippen molar-refractivity contribution in [3.8, 4) is 16.9 Å². The van der Waals surface area contributed by atoms with E-state index in [1.54, 1.807) is 0 Å². The Kier molecular flexibility index (Phi) is 4.13. The molecule has 2 heteroatoms. The van der Waals surface area contributed by atoms with Crippen LogP contribution in [0.25, 0.3) is 49.7 Å². The van der Waals surface area contributed by atoms with Crippen LogP contribution in [0.4, 0.5) is 0 Å². The highest BCUT2D eigenvalue weighted by Gasteiger charge is 2.23. The summed E-state index contributed by atoms with van der Waals surface area (Å²) >= 11 is 0. The average Bonchev–Trinajstić information content (AvgIpc) is 3.15. The van der Waals surface area contributed by atoms with Gasteiger partial charge in [-0.25, -0.2) is 0 Å². The van der Waals surface area contributed by atoms with E-state index in [2.05, 4.69) is 110 Å². The third-order valence-corrected chi connectivity index (χ3v) is 7.02. The first-order valence-electron chi connectivity index (χ1n) is 11.9. The Morgan fingerprint density at radius 2 is 1.39 bits per heavy atom. The first-order valence-corrected chi connectivity index (χ1v) is 11.4. The van der Waals surface area contributed by atoms with Crippen LogP contribution in [-0.4, -0.2) is 4.57 Å². The molecule has 0 aliphatic carbocycles. The highest BCUT2D eigenvalue weighted by atomic mass is 15.0. The molecule has 0 N–H and O–H groups in total. The smallest absolute Gasteiger partial charge is 0.215 e. The fraction of sp³-hybridized carbons (Fsp3) is 0.129. The summed E-state index contributed by atoms with van der Waals surface area (Å²) in [5.41, 5.74) is 10.9. The summed E-state index contributed by atoms with van der Waals surface area (Å²) in [6.07, 6.45) is 0. The molecule has 2 heterocycles. The van der Waals surface area contributed by atoms with Crippen molar-refractivity contribution in [1.29, 1.82) is 0 Å². The Hall–Kier alpha value is -3.91. The summed E-state index contributed by atoms with van der Waals surface area (Å²) in [5.74, 6) is 0. The zero-order valence-electron chi connectivity index (χ0n) is 20.5. The standard InChI is InChI=1S/C31H27N2/c1-20-17-21(2)22(3)26(18-20)30-19-31(25-13-7-8-14-27(25)32(30)4)33-28-15-9-5-11-23(28)24-12-6-10-16-29(24)33/h5-19H,1-4H3/q+1/i9D. The molecule has 0 atom stereocenters. The number of benzene rings is 4. The molecule has 160 valence electrons. The lowest BCUT2D eigenvalue weighted by Gasteiger charge is -2.15. The average molecular weight is 429 g/mol. The number of pyridine rings is 1. The van der Waals surface area contributed by atoms with E-state index in [9.17, 15) is 0 Å². The van der Waals surface area contributed by atoms with Crippen molar-refractivity contribution >= 4 is 32.7 Å². The van der Waals surface area contributed by atoms with Gasteiger partial charge in [-0.05, 0) is 56.2 Å². The molecule has 0 unspecified atom stereocenters. The minimum atomic E-state index is 0.521. The molecule has 0 aliphatic rings. The van der Waals surface area contributed by atoms with Crippen molar-refractivity contribution in [3.05, 3.63) is 108 Å². The number of fused-ring (bicyclic) bond motifs is 4. The topological polar surface area (TPSA) is 8.81 Å². The fourth-order valence-electron chi connectivity index (χ4n) is 5.29. The maximum absolute atomic E-state index is 8.34. The van der Waals surface area contributed by atoms with Gasteiger partial charge in [0.2, 0.25) is 11.2 Å². The minimum absolute atomic E-state index is 0.521. The van der Waals surface area contributed by atoms with Crippen LogP contribution in [0.15, 0.2) is 91.0 Å². The lowest BCUT2D eigenvalue weighted by atomic mass is 9.96. The van der Waals surface area contributed by atoms with Crippen molar-refractivity contribution < 1.29 is 5.94 Å². The molecule has 0 saturated heterocycles. The molecule has 0 amide bonds. The fourth-order valence-corrected chi connectivity index (χ4v) is 5.29. The predicted molar refractivity (Wildman–Crippen MR) is 139 cm³/mol. The van der Waals surface area contributed by atoms with Crippen LogP contribution in [0.5, 0.6) is 0 Å².